The summed E-state index contributed by atoms with van der Waals surface area (Å²) in [5.41, 5.74) is 7.17. The lowest BCUT2D eigenvalue weighted by Crippen LogP contribution is -2.36. The summed E-state index contributed by atoms with van der Waals surface area (Å²) >= 11 is 5.75. The van der Waals surface area contributed by atoms with Crippen molar-refractivity contribution in [2.45, 2.75) is 25.3 Å². The highest BCUT2D eigenvalue weighted by molar-refractivity contribution is 6.30. The molecule has 0 spiro atoms. The van der Waals surface area contributed by atoms with Crippen LogP contribution in [-0.4, -0.2) is 19.3 Å². The number of halogens is 2. The van der Waals surface area contributed by atoms with Crippen molar-refractivity contribution in [2.24, 2.45) is 11.7 Å². The van der Waals surface area contributed by atoms with Gasteiger partial charge in [0, 0.05) is 19.3 Å². The van der Waals surface area contributed by atoms with Crippen LogP contribution in [0.15, 0.2) is 18.2 Å². The van der Waals surface area contributed by atoms with Crippen LogP contribution < -0.4 is 5.73 Å². The first-order valence-electron chi connectivity index (χ1n) is 5.94. The molecule has 1 aromatic rings. The van der Waals surface area contributed by atoms with Crippen LogP contribution in [-0.2, 0) is 11.2 Å². The molecule has 1 unspecified atom stereocenters. The average Bonchev–Trinajstić information content (AvgIpc) is 2.35. The first kappa shape index (κ1) is 12.8. The standard InChI is InChI=1S/C13H17ClFNO/c14-11-7-9(1-2-12(11)15)8-13(16)10-3-5-17-6-4-10/h1-2,7,10,13H,3-6,8,16H2. The maximum absolute atomic E-state index is 13.0. The minimum absolute atomic E-state index is 0.0976. The molecule has 1 aromatic carbocycles. The molecule has 1 heterocycles. The minimum atomic E-state index is -0.380. The van der Waals surface area contributed by atoms with Crippen molar-refractivity contribution in [3.8, 4) is 0 Å². The van der Waals surface area contributed by atoms with Crippen molar-refractivity contribution in [3.05, 3.63) is 34.6 Å². The molecule has 94 valence electrons. The molecule has 4 heteroatoms. The number of ether oxygens (including phenoxy) is 1. The summed E-state index contributed by atoms with van der Waals surface area (Å²) in [7, 11) is 0. The van der Waals surface area contributed by atoms with E-state index < -0.39 is 0 Å². The Morgan fingerprint density at radius 2 is 2.12 bits per heavy atom. The maximum Gasteiger partial charge on any atom is 0.141 e. The van der Waals surface area contributed by atoms with Crippen molar-refractivity contribution < 1.29 is 9.13 Å². The van der Waals surface area contributed by atoms with Crippen LogP contribution in [0.3, 0.4) is 0 Å². The number of hydrogen-bond donors (Lipinski definition) is 1. The van der Waals surface area contributed by atoms with Crippen LogP contribution in [0.4, 0.5) is 4.39 Å². The first-order valence-corrected chi connectivity index (χ1v) is 6.32. The monoisotopic (exact) mass is 257 g/mol. The zero-order valence-electron chi connectivity index (χ0n) is 9.66. The number of nitrogens with two attached hydrogens (primary N) is 1. The Balaban J connectivity index is 1.96. The molecule has 0 amide bonds. The molecule has 1 fully saturated rings. The average molecular weight is 258 g/mol. The Morgan fingerprint density at radius 1 is 1.41 bits per heavy atom. The van der Waals surface area contributed by atoms with Crippen LogP contribution >= 0.6 is 11.6 Å². The van der Waals surface area contributed by atoms with Crippen LogP contribution in [0, 0.1) is 11.7 Å². The summed E-state index contributed by atoms with van der Waals surface area (Å²) in [6.45, 7) is 1.59. The highest BCUT2D eigenvalue weighted by Gasteiger charge is 2.21. The SMILES string of the molecule is NC(Cc1ccc(F)c(Cl)c1)C1CCOCC1. The number of hydrogen-bond acceptors (Lipinski definition) is 2. The Kier molecular flexibility index (Phi) is 4.37. The van der Waals surface area contributed by atoms with E-state index in [-0.39, 0.29) is 16.9 Å². The van der Waals surface area contributed by atoms with Gasteiger partial charge in [-0.05, 0) is 42.9 Å². The molecule has 1 aliphatic rings. The molecule has 17 heavy (non-hydrogen) atoms. The van der Waals surface area contributed by atoms with Gasteiger partial charge < -0.3 is 10.5 Å². The van der Waals surface area contributed by atoms with E-state index in [0.717, 1.165) is 38.0 Å². The smallest absolute Gasteiger partial charge is 0.141 e. The topological polar surface area (TPSA) is 35.2 Å². The fourth-order valence-corrected chi connectivity index (χ4v) is 2.45. The third-order valence-corrected chi connectivity index (χ3v) is 3.62. The van der Waals surface area contributed by atoms with Crippen LogP contribution in [0.5, 0.6) is 0 Å². The fourth-order valence-electron chi connectivity index (χ4n) is 2.25. The van der Waals surface area contributed by atoms with E-state index in [4.69, 9.17) is 22.1 Å². The van der Waals surface area contributed by atoms with E-state index in [0.29, 0.717) is 5.92 Å². The zero-order chi connectivity index (χ0) is 12.3. The van der Waals surface area contributed by atoms with Crippen molar-refractivity contribution in [1.29, 1.82) is 0 Å². The largest absolute Gasteiger partial charge is 0.381 e. The summed E-state index contributed by atoms with van der Waals surface area (Å²) in [5, 5.41) is 0.168. The van der Waals surface area contributed by atoms with Crippen molar-refractivity contribution in [1.82, 2.24) is 0 Å². The minimum Gasteiger partial charge on any atom is -0.381 e. The van der Waals surface area contributed by atoms with E-state index in [1.54, 1.807) is 12.1 Å². The number of benzene rings is 1. The second-order valence-electron chi connectivity index (χ2n) is 4.57. The highest BCUT2D eigenvalue weighted by atomic mass is 35.5. The molecule has 0 radical (unpaired) electrons. The van der Waals surface area contributed by atoms with E-state index in [2.05, 4.69) is 0 Å². The third-order valence-electron chi connectivity index (χ3n) is 3.33. The fraction of sp³-hybridized carbons (Fsp3) is 0.538. The predicted molar refractivity (Wildman–Crippen MR) is 66.6 cm³/mol. The van der Waals surface area contributed by atoms with Crippen molar-refractivity contribution in [2.75, 3.05) is 13.2 Å². The van der Waals surface area contributed by atoms with Gasteiger partial charge in [0.25, 0.3) is 0 Å². The highest BCUT2D eigenvalue weighted by Crippen LogP contribution is 2.22. The molecular formula is C13H17ClFNO. The Morgan fingerprint density at radius 3 is 2.76 bits per heavy atom. The van der Waals surface area contributed by atoms with Gasteiger partial charge >= 0.3 is 0 Å². The summed E-state index contributed by atoms with van der Waals surface area (Å²) in [6, 6.07) is 4.91. The Bertz CT molecular complexity index is 380. The number of rotatable bonds is 3. The Labute approximate surface area is 106 Å². The van der Waals surface area contributed by atoms with Gasteiger partial charge in [0.1, 0.15) is 5.82 Å². The lowest BCUT2D eigenvalue weighted by atomic mass is 9.88. The molecule has 1 saturated heterocycles. The maximum atomic E-state index is 13.0. The van der Waals surface area contributed by atoms with Gasteiger partial charge in [-0.25, -0.2) is 4.39 Å². The molecular weight excluding hydrogens is 241 g/mol. The molecule has 1 atom stereocenters. The molecule has 0 bridgehead atoms. The molecule has 0 aromatic heterocycles. The van der Waals surface area contributed by atoms with Crippen LogP contribution in [0.25, 0.3) is 0 Å². The molecule has 1 aliphatic heterocycles. The predicted octanol–water partition coefficient (Wildman–Crippen LogP) is 2.78. The first-order chi connectivity index (χ1) is 8.16. The van der Waals surface area contributed by atoms with Crippen molar-refractivity contribution >= 4 is 11.6 Å². The molecule has 0 saturated carbocycles. The van der Waals surface area contributed by atoms with Gasteiger partial charge in [-0.1, -0.05) is 17.7 Å². The van der Waals surface area contributed by atoms with Gasteiger partial charge in [-0.2, -0.15) is 0 Å². The summed E-state index contributed by atoms with van der Waals surface area (Å²) < 4.78 is 18.3. The van der Waals surface area contributed by atoms with Gasteiger partial charge in [-0.15, -0.1) is 0 Å². The second kappa shape index (κ2) is 5.80. The van der Waals surface area contributed by atoms with Crippen molar-refractivity contribution in [3.63, 3.8) is 0 Å². The van der Waals surface area contributed by atoms with Crippen LogP contribution in [0.1, 0.15) is 18.4 Å². The summed E-state index contributed by atoms with van der Waals surface area (Å²) in [5.74, 6) is 0.114. The van der Waals surface area contributed by atoms with Gasteiger partial charge in [0.2, 0.25) is 0 Å². The van der Waals surface area contributed by atoms with E-state index in [1.807, 2.05) is 0 Å². The summed E-state index contributed by atoms with van der Waals surface area (Å²) in [4.78, 5) is 0. The lowest BCUT2D eigenvalue weighted by Gasteiger charge is -2.27. The van der Waals surface area contributed by atoms with E-state index >= 15 is 0 Å². The van der Waals surface area contributed by atoms with Crippen LogP contribution in [0.2, 0.25) is 5.02 Å². The van der Waals surface area contributed by atoms with Gasteiger partial charge in [-0.3, -0.25) is 0 Å². The normalized spacial score (nSPS) is 19.2. The third kappa shape index (κ3) is 3.41. The summed E-state index contributed by atoms with van der Waals surface area (Å²) in [6.07, 6.45) is 2.76. The van der Waals surface area contributed by atoms with E-state index in [1.165, 1.54) is 6.07 Å². The molecule has 0 aliphatic carbocycles. The lowest BCUT2D eigenvalue weighted by molar-refractivity contribution is 0.0585. The quantitative estimate of drug-likeness (QED) is 0.904. The molecule has 2 N–H and O–H groups in total. The Hall–Kier alpha value is -0.640. The van der Waals surface area contributed by atoms with Gasteiger partial charge in [0.15, 0.2) is 0 Å². The molecule has 2 nitrogen and oxygen atoms in total. The second-order valence-corrected chi connectivity index (χ2v) is 4.97. The van der Waals surface area contributed by atoms with Gasteiger partial charge in [0.05, 0.1) is 5.02 Å². The molecule has 2 rings (SSSR count). The van der Waals surface area contributed by atoms with E-state index in [9.17, 15) is 4.39 Å². The zero-order valence-corrected chi connectivity index (χ0v) is 10.4.